The van der Waals surface area contributed by atoms with Gasteiger partial charge in [0.25, 0.3) is 0 Å². The zero-order chi connectivity index (χ0) is 12.5. The molecule has 0 saturated heterocycles. The number of rotatable bonds is 3. The molecule has 3 rings (SSSR count). The molecule has 1 fully saturated rings. The highest BCUT2D eigenvalue weighted by Gasteiger charge is 2.33. The van der Waals surface area contributed by atoms with Crippen molar-refractivity contribution in [2.45, 2.75) is 24.1 Å². The molecule has 0 unspecified atom stereocenters. The summed E-state index contributed by atoms with van der Waals surface area (Å²) in [6.45, 7) is 0. The fourth-order valence-corrected chi connectivity index (χ4v) is 2.52. The van der Waals surface area contributed by atoms with E-state index in [-0.39, 0.29) is 5.38 Å². The molecule has 1 aliphatic carbocycles. The molecule has 0 radical (unpaired) electrons. The Labute approximate surface area is 110 Å². The summed E-state index contributed by atoms with van der Waals surface area (Å²) in [6, 6.07) is 7.63. The molecule has 1 saturated carbocycles. The lowest BCUT2D eigenvalue weighted by Gasteiger charge is -2.27. The van der Waals surface area contributed by atoms with Crippen molar-refractivity contribution in [2.75, 3.05) is 7.11 Å². The number of hydrogen-bond donors (Lipinski definition) is 0. The van der Waals surface area contributed by atoms with Gasteiger partial charge in [-0.15, -0.1) is 11.6 Å². The van der Waals surface area contributed by atoms with Crippen LogP contribution >= 0.6 is 11.6 Å². The zero-order valence-electron chi connectivity index (χ0n) is 9.97. The van der Waals surface area contributed by atoms with Gasteiger partial charge in [0.2, 0.25) is 11.7 Å². The van der Waals surface area contributed by atoms with Gasteiger partial charge in [0.1, 0.15) is 5.75 Å². The van der Waals surface area contributed by atoms with Gasteiger partial charge in [-0.2, -0.15) is 4.98 Å². The van der Waals surface area contributed by atoms with Crippen molar-refractivity contribution in [2.24, 2.45) is 0 Å². The maximum Gasteiger partial charge on any atom is 0.230 e. The van der Waals surface area contributed by atoms with Gasteiger partial charge in [-0.1, -0.05) is 17.3 Å². The first-order chi connectivity index (χ1) is 8.78. The molecule has 0 N–H and O–H groups in total. The molecule has 1 aromatic heterocycles. The molecule has 0 bridgehead atoms. The number of aromatic nitrogens is 2. The van der Waals surface area contributed by atoms with Gasteiger partial charge in [0.15, 0.2) is 0 Å². The van der Waals surface area contributed by atoms with Crippen molar-refractivity contribution < 1.29 is 9.26 Å². The normalized spacial score (nSPS) is 22.6. The molecule has 1 heterocycles. The summed E-state index contributed by atoms with van der Waals surface area (Å²) >= 11 is 5.96. The average Bonchev–Trinajstić information content (AvgIpc) is 2.84. The number of para-hydroxylation sites is 1. The lowest BCUT2D eigenvalue weighted by atomic mass is 9.85. The van der Waals surface area contributed by atoms with Gasteiger partial charge >= 0.3 is 0 Å². The summed E-state index contributed by atoms with van der Waals surface area (Å²) in [6.07, 6.45) is 1.82. The Morgan fingerprint density at radius 1 is 1.33 bits per heavy atom. The molecular weight excluding hydrogens is 252 g/mol. The van der Waals surface area contributed by atoms with Crippen LogP contribution in [-0.2, 0) is 0 Å². The monoisotopic (exact) mass is 264 g/mol. The van der Waals surface area contributed by atoms with Crippen molar-refractivity contribution in [1.29, 1.82) is 0 Å². The van der Waals surface area contributed by atoms with E-state index in [0.29, 0.717) is 17.6 Å². The van der Waals surface area contributed by atoms with Gasteiger partial charge in [-0.3, -0.25) is 0 Å². The number of halogens is 1. The fraction of sp³-hybridized carbons (Fsp3) is 0.385. The second-order valence-corrected chi connectivity index (χ2v) is 5.04. The van der Waals surface area contributed by atoms with Crippen LogP contribution in [0.25, 0.3) is 11.4 Å². The van der Waals surface area contributed by atoms with E-state index in [2.05, 4.69) is 10.1 Å². The van der Waals surface area contributed by atoms with Crippen LogP contribution in [0.4, 0.5) is 0 Å². The van der Waals surface area contributed by atoms with Crippen LogP contribution in [-0.4, -0.2) is 22.6 Å². The van der Waals surface area contributed by atoms with Crippen LogP contribution in [0.2, 0.25) is 0 Å². The zero-order valence-corrected chi connectivity index (χ0v) is 10.7. The molecule has 4 nitrogen and oxygen atoms in total. The molecule has 1 aliphatic rings. The largest absolute Gasteiger partial charge is 0.496 e. The van der Waals surface area contributed by atoms with Gasteiger partial charge < -0.3 is 9.26 Å². The number of hydrogen-bond acceptors (Lipinski definition) is 4. The first-order valence-corrected chi connectivity index (χ1v) is 6.32. The average molecular weight is 265 g/mol. The molecule has 0 atom stereocenters. The third-order valence-corrected chi connectivity index (χ3v) is 3.58. The summed E-state index contributed by atoms with van der Waals surface area (Å²) < 4.78 is 10.6. The van der Waals surface area contributed by atoms with E-state index in [1.54, 1.807) is 7.11 Å². The summed E-state index contributed by atoms with van der Waals surface area (Å²) in [5.41, 5.74) is 0.844. The molecule has 0 aliphatic heterocycles. The Bertz CT molecular complexity index is 549. The van der Waals surface area contributed by atoms with Crippen LogP contribution < -0.4 is 4.74 Å². The minimum absolute atomic E-state index is 0.247. The van der Waals surface area contributed by atoms with Crippen molar-refractivity contribution in [3.05, 3.63) is 30.2 Å². The van der Waals surface area contributed by atoms with Crippen molar-refractivity contribution in [1.82, 2.24) is 10.1 Å². The van der Waals surface area contributed by atoms with Crippen LogP contribution in [0.1, 0.15) is 24.7 Å². The molecule has 0 amide bonds. The van der Waals surface area contributed by atoms with E-state index >= 15 is 0 Å². The summed E-state index contributed by atoms with van der Waals surface area (Å²) in [5.74, 6) is 2.30. The SMILES string of the molecule is COc1ccccc1-c1noc(C2CC(Cl)C2)n1. The van der Waals surface area contributed by atoms with Crippen LogP contribution in [0, 0.1) is 0 Å². The Hall–Kier alpha value is -1.55. The maximum absolute atomic E-state index is 5.96. The van der Waals surface area contributed by atoms with Gasteiger partial charge in [-0.05, 0) is 25.0 Å². The maximum atomic E-state index is 5.96. The second kappa shape index (κ2) is 4.61. The number of nitrogens with zero attached hydrogens (tertiary/aromatic N) is 2. The first kappa shape index (κ1) is 11.5. The standard InChI is InChI=1S/C13H13ClN2O2/c1-17-11-5-3-2-4-10(11)12-15-13(18-16-12)8-6-9(14)7-8/h2-5,8-9H,6-7H2,1H3. The van der Waals surface area contributed by atoms with Crippen molar-refractivity contribution >= 4 is 11.6 Å². The Morgan fingerprint density at radius 3 is 2.83 bits per heavy atom. The van der Waals surface area contributed by atoms with E-state index in [1.807, 2.05) is 24.3 Å². The molecule has 5 heteroatoms. The van der Waals surface area contributed by atoms with Crippen molar-refractivity contribution in [3.63, 3.8) is 0 Å². The van der Waals surface area contributed by atoms with Crippen LogP contribution in [0.5, 0.6) is 5.75 Å². The van der Waals surface area contributed by atoms with E-state index < -0.39 is 0 Å². The molecule has 18 heavy (non-hydrogen) atoms. The molecule has 94 valence electrons. The predicted molar refractivity (Wildman–Crippen MR) is 67.9 cm³/mol. The third kappa shape index (κ3) is 1.97. The molecule has 0 spiro atoms. The smallest absolute Gasteiger partial charge is 0.230 e. The van der Waals surface area contributed by atoms with E-state index in [1.165, 1.54) is 0 Å². The Morgan fingerprint density at radius 2 is 2.11 bits per heavy atom. The number of methoxy groups -OCH3 is 1. The topological polar surface area (TPSA) is 48.2 Å². The number of ether oxygens (including phenoxy) is 1. The van der Waals surface area contributed by atoms with E-state index in [4.69, 9.17) is 20.9 Å². The lowest BCUT2D eigenvalue weighted by molar-refractivity contribution is 0.296. The van der Waals surface area contributed by atoms with Crippen LogP contribution in [0.15, 0.2) is 28.8 Å². The quantitative estimate of drug-likeness (QED) is 0.799. The lowest BCUT2D eigenvalue weighted by Crippen LogP contribution is -2.22. The minimum atomic E-state index is 0.247. The summed E-state index contributed by atoms with van der Waals surface area (Å²) in [4.78, 5) is 4.43. The fourth-order valence-electron chi connectivity index (χ4n) is 2.09. The van der Waals surface area contributed by atoms with Gasteiger partial charge in [-0.25, -0.2) is 0 Å². The molecule has 2 aromatic rings. The summed E-state index contributed by atoms with van der Waals surface area (Å²) in [7, 11) is 1.63. The highest BCUT2D eigenvalue weighted by Crippen LogP contribution is 2.40. The highest BCUT2D eigenvalue weighted by molar-refractivity contribution is 6.21. The van der Waals surface area contributed by atoms with Crippen molar-refractivity contribution in [3.8, 4) is 17.1 Å². The number of benzene rings is 1. The Kier molecular flexibility index (Phi) is 2.96. The number of alkyl halides is 1. The molecule has 1 aromatic carbocycles. The minimum Gasteiger partial charge on any atom is -0.496 e. The second-order valence-electron chi connectivity index (χ2n) is 4.42. The molecular formula is C13H13ClN2O2. The van der Waals surface area contributed by atoms with E-state index in [9.17, 15) is 0 Å². The Balaban J connectivity index is 1.88. The highest BCUT2D eigenvalue weighted by atomic mass is 35.5. The van der Waals surface area contributed by atoms with Gasteiger partial charge in [0, 0.05) is 11.3 Å². The van der Waals surface area contributed by atoms with Crippen LogP contribution in [0.3, 0.4) is 0 Å². The third-order valence-electron chi connectivity index (χ3n) is 3.22. The summed E-state index contributed by atoms with van der Waals surface area (Å²) in [5, 5.41) is 4.26. The van der Waals surface area contributed by atoms with E-state index in [0.717, 1.165) is 24.2 Å². The first-order valence-electron chi connectivity index (χ1n) is 5.89. The van der Waals surface area contributed by atoms with Gasteiger partial charge in [0.05, 0.1) is 12.7 Å². The predicted octanol–water partition coefficient (Wildman–Crippen LogP) is 3.23.